The van der Waals surface area contributed by atoms with E-state index in [0.717, 1.165) is 18.7 Å². The van der Waals surface area contributed by atoms with Gasteiger partial charge in [0.2, 0.25) is 5.91 Å². The molecular formula is C21H23N3O. The monoisotopic (exact) mass is 333 g/mol. The summed E-state index contributed by atoms with van der Waals surface area (Å²) in [6.07, 6.45) is 3.36. The Balaban J connectivity index is 1.76. The van der Waals surface area contributed by atoms with E-state index in [0.29, 0.717) is 13.0 Å². The van der Waals surface area contributed by atoms with Gasteiger partial charge in [-0.15, -0.1) is 0 Å². The van der Waals surface area contributed by atoms with Gasteiger partial charge in [-0.3, -0.25) is 9.78 Å². The predicted octanol–water partition coefficient (Wildman–Crippen LogP) is 3.41. The first-order chi connectivity index (χ1) is 12.0. The van der Waals surface area contributed by atoms with Crippen molar-refractivity contribution < 1.29 is 4.79 Å². The number of carbonyl (C=O) groups is 1. The van der Waals surface area contributed by atoms with Crippen molar-refractivity contribution in [3.63, 3.8) is 0 Å². The first kappa shape index (κ1) is 15.9. The summed E-state index contributed by atoms with van der Waals surface area (Å²) in [5.74, 6) is 0.199. The van der Waals surface area contributed by atoms with Crippen LogP contribution < -0.4 is 0 Å². The van der Waals surface area contributed by atoms with Gasteiger partial charge in [0, 0.05) is 54.2 Å². The van der Waals surface area contributed by atoms with E-state index in [1.165, 1.54) is 33.3 Å². The molecule has 128 valence electrons. The van der Waals surface area contributed by atoms with Gasteiger partial charge in [-0.1, -0.05) is 17.7 Å². The van der Waals surface area contributed by atoms with Gasteiger partial charge in [0.1, 0.15) is 0 Å². The van der Waals surface area contributed by atoms with Crippen molar-refractivity contribution in [2.75, 3.05) is 7.05 Å². The van der Waals surface area contributed by atoms with E-state index >= 15 is 0 Å². The van der Waals surface area contributed by atoms with Crippen molar-refractivity contribution in [3.8, 4) is 0 Å². The normalized spacial score (nSPS) is 14.2. The maximum absolute atomic E-state index is 12.3. The molecule has 0 N–H and O–H groups in total. The Morgan fingerprint density at radius 1 is 1.16 bits per heavy atom. The minimum atomic E-state index is 0.199. The average Bonchev–Trinajstić information content (AvgIpc) is 2.87. The van der Waals surface area contributed by atoms with E-state index in [1.807, 2.05) is 25.1 Å². The Bertz CT molecular complexity index is 953. The lowest BCUT2D eigenvalue weighted by atomic mass is 10.0. The first-order valence-corrected chi connectivity index (χ1v) is 8.79. The minimum Gasteiger partial charge on any atom is -0.343 e. The minimum absolute atomic E-state index is 0.199. The number of pyridine rings is 1. The summed E-state index contributed by atoms with van der Waals surface area (Å²) >= 11 is 0. The van der Waals surface area contributed by atoms with E-state index in [9.17, 15) is 4.79 Å². The van der Waals surface area contributed by atoms with E-state index in [4.69, 9.17) is 0 Å². The molecule has 1 aliphatic heterocycles. The molecule has 2 aromatic heterocycles. The third kappa shape index (κ3) is 2.82. The number of carbonyl (C=O) groups excluding carboxylic acids is 1. The summed E-state index contributed by atoms with van der Waals surface area (Å²) < 4.78 is 2.34. The maximum atomic E-state index is 12.3. The Labute approximate surface area is 148 Å². The van der Waals surface area contributed by atoms with Crippen LogP contribution in [0.5, 0.6) is 0 Å². The van der Waals surface area contributed by atoms with Crippen molar-refractivity contribution in [1.29, 1.82) is 0 Å². The molecule has 3 heterocycles. The standard InChI is InChI=1S/C21H23N3O/c1-14-4-7-19-17(10-14)18-13-23(3)21(25)11-20(18)24(19)9-8-16-6-5-15(2)22-12-16/h4-7,10,12H,8-9,11,13H2,1-3H3. The zero-order valence-electron chi connectivity index (χ0n) is 15.0. The highest BCUT2D eigenvalue weighted by atomic mass is 16.2. The maximum Gasteiger partial charge on any atom is 0.228 e. The highest BCUT2D eigenvalue weighted by Gasteiger charge is 2.26. The molecule has 1 aliphatic rings. The number of hydrogen-bond acceptors (Lipinski definition) is 2. The zero-order valence-corrected chi connectivity index (χ0v) is 15.0. The Morgan fingerprint density at radius 2 is 2.00 bits per heavy atom. The topological polar surface area (TPSA) is 38.1 Å². The molecule has 1 aromatic carbocycles. The quantitative estimate of drug-likeness (QED) is 0.737. The summed E-state index contributed by atoms with van der Waals surface area (Å²) in [7, 11) is 1.89. The van der Waals surface area contributed by atoms with Crippen LogP contribution in [0.2, 0.25) is 0 Å². The van der Waals surface area contributed by atoms with E-state index in [2.05, 4.69) is 46.8 Å². The molecule has 0 saturated carbocycles. The number of benzene rings is 1. The summed E-state index contributed by atoms with van der Waals surface area (Å²) in [6, 6.07) is 10.8. The number of fused-ring (bicyclic) bond motifs is 3. The van der Waals surface area contributed by atoms with Crippen LogP contribution >= 0.6 is 0 Å². The molecule has 0 unspecified atom stereocenters. The molecule has 4 rings (SSSR count). The van der Waals surface area contributed by atoms with Gasteiger partial charge in [0.15, 0.2) is 0 Å². The molecule has 4 heteroatoms. The summed E-state index contributed by atoms with van der Waals surface area (Å²) in [5.41, 5.74) is 7.25. The molecule has 3 aromatic rings. The molecule has 0 fully saturated rings. The molecular weight excluding hydrogens is 310 g/mol. The average molecular weight is 333 g/mol. The summed E-state index contributed by atoms with van der Waals surface area (Å²) in [6.45, 7) is 5.70. The third-order valence-corrected chi connectivity index (χ3v) is 5.18. The van der Waals surface area contributed by atoms with Crippen molar-refractivity contribution in [1.82, 2.24) is 14.5 Å². The van der Waals surface area contributed by atoms with Crippen LogP contribution in [-0.2, 0) is 30.7 Å². The smallest absolute Gasteiger partial charge is 0.228 e. The van der Waals surface area contributed by atoms with Crippen LogP contribution in [0, 0.1) is 13.8 Å². The van der Waals surface area contributed by atoms with Gasteiger partial charge in [-0.2, -0.15) is 0 Å². The number of aromatic nitrogens is 2. The number of likely N-dealkylation sites (N-methyl/N-ethyl adjacent to an activating group) is 1. The van der Waals surface area contributed by atoms with Gasteiger partial charge < -0.3 is 9.47 Å². The van der Waals surface area contributed by atoms with Gasteiger partial charge in [0.25, 0.3) is 0 Å². The lowest BCUT2D eigenvalue weighted by Gasteiger charge is -2.24. The lowest BCUT2D eigenvalue weighted by molar-refractivity contribution is -0.130. The van der Waals surface area contributed by atoms with Crippen LogP contribution in [0.1, 0.15) is 28.1 Å². The predicted molar refractivity (Wildman–Crippen MR) is 99.5 cm³/mol. The van der Waals surface area contributed by atoms with Gasteiger partial charge in [0.05, 0.1) is 6.42 Å². The van der Waals surface area contributed by atoms with Crippen LogP contribution in [0.25, 0.3) is 10.9 Å². The van der Waals surface area contributed by atoms with Crippen LogP contribution in [-0.4, -0.2) is 27.4 Å². The molecule has 0 atom stereocenters. The summed E-state index contributed by atoms with van der Waals surface area (Å²) in [5, 5.41) is 1.29. The van der Waals surface area contributed by atoms with E-state index < -0.39 is 0 Å². The van der Waals surface area contributed by atoms with Gasteiger partial charge in [-0.25, -0.2) is 0 Å². The molecule has 25 heavy (non-hydrogen) atoms. The van der Waals surface area contributed by atoms with Crippen molar-refractivity contribution >= 4 is 16.8 Å². The first-order valence-electron chi connectivity index (χ1n) is 8.79. The highest BCUT2D eigenvalue weighted by molar-refractivity contribution is 5.91. The fraction of sp³-hybridized carbons (Fsp3) is 0.333. The second-order valence-electron chi connectivity index (χ2n) is 7.08. The molecule has 0 radical (unpaired) electrons. The fourth-order valence-electron chi connectivity index (χ4n) is 3.72. The van der Waals surface area contributed by atoms with Crippen molar-refractivity contribution in [2.45, 2.75) is 39.8 Å². The van der Waals surface area contributed by atoms with Gasteiger partial charge >= 0.3 is 0 Å². The van der Waals surface area contributed by atoms with E-state index in [-0.39, 0.29) is 5.91 Å². The molecule has 0 aliphatic carbocycles. The van der Waals surface area contributed by atoms with Crippen molar-refractivity contribution in [3.05, 3.63) is 64.6 Å². The summed E-state index contributed by atoms with van der Waals surface area (Å²) in [4.78, 5) is 18.5. The second kappa shape index (κ2) is 6.03. The number of amides is 1. The Morgan fingerprint density at radius 3 is 2.76 bits per heavy atom. The molecule has 0 bridgehead atoms. The number of hydrogen-bond donors (Lipinski definition) is 0. The number of nitrogens with zero attached hydrogens (tertiary/aromatic N) is 3. The Kier molecular flexibility index (Phi) is 3.83. The number of rotatable bonds is 3. The van der Waals surface area contributed by atoms with Crippen LogP contribution in [0.4, 0.5) is 0 Å². The van der Waals surface area contributed by atoms with E-state index in [1.54, 1.807) is 0 Å². The third-order valence-electron chi connectivity index (χ3n) is 5.18. The highest BCUT2D eigenvalue weighted by Crippen LogP contribution is 2.32. The fourth-order valence-corrected chi connectivity index (χ4v) is 3.72. The second-order valence-corrected chi connectivity index (χ2v) is 7.08. The van der Waals surface area contributed by atoms with Gasteiger partial charge in [-0.05, 0) is 44.0 Å². The molecule has 0 saturated heterocycles. The molecule has 4 nitrogen and oxygen atoms in total. The SMILES string of the molecule is Cc1ccc2c(c1)c1c(n2CCc2ccc(C)nc2)CC(=O)N(C)C1. The lowest BCUT2D eigenvalue weighted by Crippen LogP contribution is -2.33. The largest absolute Gasteiger partial charge is 0.343 e. The van der Waals surface area contributed by atoms with Crippen LogP contribution in [0.15, 0.2) is 36.5 Å². The Hall–Kier alpha value is -2.62. The number of aryl methyl sites for hydroxylation is 4. The van der Waals surface area contributed by atoms with Crippen LogP contribution in [0.3, 0.4) is 0 Å². The zero-order chi connectivity index (χ0) is 17.6. The molecule has 0 spiro atoms. The molecule has 1 amide bonds. The van der Waals surface area contributed by atoms with Crippen molar-refractivity contribution in [2.24, 2.45) is 0 Å².